The number of carbonyl (C=O) groups excluding carboxylic acids is 1. The van der Waals surface area contributed by atoms with Gasteiger partial charge in [-0.05, 0) is 48.4 Å². The molecule has 1 amide bonds. The zero-order valence-electron chi connectivity index (χ0n) is 18.5. The van der Waals surface area contributed by atoms with Gasteiger partial charge in [0.15, 0.2) is 0 Å². The first-order chi connectivity index (χ1) is 16.0. The summed E-state index contributed by atoms with van der Waals surface area (Å²) in [6.07, 6.45) is 1.90. The van der Waals surface area contributed by atoms with Gasteiger partial charge in [0.05, 0.1) is 6.42 Å². The topological polar surface area (TPSA) is 95.9 Å². The van der Waals surface area contributed by atoms with E-state index in [0.717, 1.165) is 29.2 Å². The molecule has 170 valence electrons. The highest BCUT2D eigenvalue weighted by atomic mass is 16.6. The van der Waals surface area contributed by atoms with Crippen LogP contribution < -0.4 is 9.64 Å². The minimum absolute atomic E-state index is 0.0449. The fourth-order valence-electron chi connectivity index (χ4n) is 3.75. The summed E-state index contributed by atoms with van der Waals surface area (Å²) in [5, 5.41) is 8.86. The molecule has 3 aromatic rings. The van der Waals surface area contributed by atoms with E-state index < -0.39 is 5.97 Å². The Morgan fingerprint density at radius 1 is 0.970 bits per heavy atom. The number of aromatic nitrogens is 2. The van der Waals surface area contributed by atoms with Gasteiger partial charge in [-0.15, -0.1) is 0 Å². The summed E-state index contributed by atoms with van der Waals surface area (Å²) in [4.78, 5) is 36.0. The number of aliphatic carboxylic acids is 1. The number of hydrogen-bond donors (Lipinski definition) is 1. The molecule has 1 fully saturated rings. The highest BCUT2D eigenvalue weighted by molar-refractivity contribution is 5.71. The van der Waals surface area contributed by atoms with Gasteiger partial charge in [0.2, 0.25) is 0 Å². The van der Waals surface area contributed by atoms with Crippen molar-refractivity contribution in [1.82, 2.24) is 14.9 Å². The average Bonchev–Trinajstić information content (AvgIpc) is 2.81. The third kappa shape index (κ3) is 6.06. The highest BCUT2D eigenvalue weighted by Crippen LogP contribution is 2.18. The monoisotopic (exact) mass is 446 g/mol. The Kier molecular flexibility index (Phi) is 6.83. The molecule has 1 aliphatic rings. The van der Waals surface area contributed by atoms with Gasteiger partial charge in [0, 0.05) is 50.2 Å². The first-order valence-corrected chi connectivity index (χ1v) is 10.9. The van der Waals surface area contributed by atoms with Crippen molar-refractivity contribution in [3.05, 3.63) is 83.3 Å². The summed E-state index contributed by atoms with van der Waals surface area (Å²) in [5.74, 6) is 0.407. The number of pyridine rings is 2. The Balaban J connectivity index is 1.27. The zero-order valence-corrected chi connectivity index (χ0v) is 18.5. The molecule has 8 heteroatoms. The number of amides is 1. The van der Waals surface area contributed by atoms with E-state index in [1.54, 1.807) is 17.2 Å². The highest BCUT2D eigenvalue weighted by Gasteiger charge is 2.23. The lowest BCUT2D eigenvalue weighted by Crippen LogP contribution is -2.49. The van der Waals surface area contributed by atoms with Crippen LogP contribution in [0.5, 0.6) is 5.75 Å². The van der Waals surface area contributed by atoms with Crippen LogP contribution in [0.2, 0.25) is 0 Å². The Bertz CT molecular complexity index is 1110. The zero-order chi connectivity index (χ0) is 23.2. The third-order valence-electron chi connectivity index (χ3n) is 5.49. The fraction of sp³-hybridized carbons (Fsp3) is 0.280. The molecule has 1 N–H and O–H groups in total. The maximum atomic E-state index is 12.6. The van der Waals surface area contributed by atoms with Crippen molar-refractivity contribution in [2.75, 3.05) is 31.1 Å². The molecule has 0 aliphatic carbocycles. The molecular weight excluding hydrogens is 420 g/mol. The van der Waals surface area contributed by atoms with Crippen LogP contribution in [0.25, 0.3) is 0 Å². The number of anilines is 1. The number of nitrogens with zero attached hydrogens (tertiary/aromatic N) is 4. The molecule has 33 heavy (non-hydrogen) atoms. The summed E-state index contributed by atoms with van der Waals surface area (Å²) < 4.78 is 5.55. The Hall–Kier alpha value is -3.94. The van der Waals surface area contributed by atoms with E-state index >= 15 is 0 Å². The van der Waals surface area contributed by atoms with E-state index in [1.807, 2.05) is 55.5 Å². The maximum absolute atomic E-state index is 12.6. The first-order valence-electron chi connectivity index (χ1n) is 10.9. The van der Waals surface area contributed by atoms with Crippen LogP contribution in [0.1, 0.15) is 22.5 Å². The second-order valence-electron chi connectivity index (χ2n) is 8.03. The van der Waals surface area contributed by atoms with Gasteiger partial charge in [-0.1, -0.05) is 24.3 Å². The molecule has 3 heterocycles. The fourth-order valence-corrected chi connectivity index (χ4v) is 3.75. The molecule has 4 rings (SSSR count). The lowest BCUT2D eigenvalue weighted by Gasteiger charge is -2.34. The van der Waals surface area contributed by atoms with E-state index in [0.29, 0.717) is 37.5 Å². The van der Waals surface area contributed by atoms with E-state index in [-0.39, 0.29) is 12.5 Å². The number of hydrogen-bond acceptors (Lipinski definition) is 6. The number of carboxylic acids is 1. The van der Waals surface area contributed by atoms with Gasteiger partial charge in [-0.2, -0.15) is 0 Å². The molecule has 0 unspecified atom stereocenters. The molecular formula is C25H26N4O4. The number of aryl methyl sites for hydroxylation is 1. The van der Waals surface area contributed by atoms with E-state index in [1.165, 1.54) is 0 Å². The number of rotatable bonds is 6. The molecule has 0 radical (unpaired) electrons. The van der Waals surface area contributed by atoms with Crippen LogP contribution in [0.15, 0.2) is 60.8 Å². The van der Waals surface area contributed by atoms with Crippen molar-refractivity contribution in [3.8, 4) is 5.75 Å². The van der Waals surface area contributed by atoms with Crippen molar-refractivity contribution in [3.63, 3.8) is 0 Å². The molecule has 0 bridgehead atoms. The van der Waals surface area contributed by atoms with Crippen molar-refractivity contribution >= 4 is 17.9 Å². The Morgan fingerprint density at radius 3 is 2.33 bits per heavy atom. The maximum Gasteiger partial charge on any atom is 0.415 e. The molecule has 0 atom stereocenters. The Labute approximate surface area is 192 Å². The standard InChI is InChI=1S/C25H26N4O4/c1-18-3-2-4-21(27-18)15-19-5-8-22(9-6-19)33-25(32)29-13-11-28(12-14-29)23-10-7-20(17-26-23)16-24(30)31/h2-10,17H,11-16H2,1H3,(H,30,31). The summed E-state index contributed by atoms with van der Waals surface area (Å²) in [7, 11) is 0. The van der Waals surface area contributed by atoms with Gasteiger partial charge in [-0.25, -0.2) is 9.78 Å². The predicted molar refractivity (Wildman–Crippen MR) is 124 cm³/mol. The van der Waals surface area contributed by atoms with Gasteiger partial charge in [0.25, 0.3) is 0 Å². The first kappa shape index (κ1) is 22.3. The average molecular weight is 447 g/mol. The largest absolute Gasteiger partial charge is 0.481 e. The van der Waals surface area contributed by atoms with Crippen molar-refractivity contribution in [2.24, 2.45) is 0 Å². The number of ether oxygens (including phenoxy) is 1. The molecule has 1 aromatic carbocycles. The van der Waals surface area contributed by atoms with Crippen LogP contribution in [-0.2, 0) is 17.6 Å². The second-order valence-corrected chi connectivity index (χ2v) is 8.03. The van der Waals surface area contributed by atoms with E-state index in [4.69, 9.17) is 9.84 Å². The van der Waals surface area contributed by atoms with Crippen LogP contribution in [0.4, 0.5) is 10.6 Å². The Morgan fingerprint density at radius 2 is 1.70 bits per heavy atom. The van der Waals surface area contributed by atoms with E-state index in [9.17, 15) is 9.59 Å². The van der Waals surface area contributed by atoms with Crippen molar-refractivity contribution in [2.45, 2.75) is 19.8 Å². The summed E-state index contributed by atoms with van der Waals surface area (Å²) in [6, 6.07) is 17.1. The summed E-state index contributed by atoms with van der Waals surface area (Å²) >= 11 is 0. The van der Waals surface area contributed by atoms with E-state index in [2.05, 4.69) is 14.9 Å². The van der Waals surface area contributed by atoms with Crippen molar-refractivity contribution in [1.29, 1.82) is 0 Å². The van der Waals surface area contributed by atoms with Crippen LogP contribution in [0.3, 0.4) is 0 Å². The molecule has 0 spiro atoms. The molecule has 0 saturated carbocycles. The second kappa shape index (κ2) is 10.1. The third-order valence-corrected chi connectivity index (χ3v) is 5.49. The van der Waals surface area contributed by atoms with Gasteiger partial charge < -0.3 is 19.6 Å². The number of carbonyl (C=O) groups is 2. The summed E-state index contributed by atoms with van der Waals surface area (Å²) in [6.45, 7) is 4.27. The minimum Gasteiger partial charge on any atom is -0.481 e. The predicted octanol–water partition coefficient (Wildman–Crippen LogP) is 3.32. The van der Waals surface area contributed by atoms with Crippen molar-refractivity contribution < 1.29 is 19.4 Å². The van der Waals surface area contributed by atoms with Gasteiger partial charge >= 0.3 is 12.1 Å². The number of benzene rings is 1. The normalized spacial score (nSPS) is 13.6. The molecule has 2 aromatic heterocycles. The smallest absolute Gasteiger partial charge is 0.415 e. The minimum atomic E-state index is -0.880. The SMILES string of the molecule is Cc1cccc(Cc2ccc(OC(=O)N3CCN(c4ccc(CC(=O)O)cn4)CC3)cc2)n1. The molecule has 1 saturated heterocycles. The van der Waals surface area contributed by atoms with Gasteiger partial charge in [-0.3, -0.25) is 9.78 Å². The summed E-state index contributed by atoms with van der Waals surface area (Å²) in [5.41, 5.74) is 3.76. The lowest BCUT2D eigenvalue weighted by atomic mass is 10.1. The lowest BCUT2D eigenvalue weighted by molar-refractivity contribution is -0.136. The van der Waals surface area contributed by atoms with Crippen LogP contribution >= 0.6 is 0 Å². The molecule has 1 aliphatic heterocycles. The van der Waals surface area contributed by atoms with Gasteiger partial charge in [0.1, 0.15) is 11.6 Å². The molecule has 8 nitrogen and oxygen atoms in total. The van der Waals surface area contributed by atoms with Crippen LogP contribution in [0, 0.1) is 6.92 Å². The number of carboxylic acid groups (broad SMARTS) is 1. The van der Waals surface area contributed by atoms with Crippen LogP contribution in [-0.4, -0.2) is 58.2 Å². The quantitative estimate of drug-likeness (QED) is 0.620. The number of piperazine rings is 1.